The standard InChI is InChI=1S/C34H33FN4O4/c1-23-26(9-16-32(36-23)43-30-14-7-25(8-15-30)33(40)41)21-37-19-17-29(18-20-37)39-31(24-5-3-2-4-6-24)22-38(34(39)42)28-12-10-27(35)11-13-28/h2-16,29,31H,17-22H2,1H3,(H,40,41). The number of benzene rings is 3. The lowest BCUT2D eigenvalue weighted by atomic mass is 9.98. The van der Waals surface area contributed by atoms with Crippen molar-refractivity contribution in [2.45, 2.75) is 38.4 Å². The monoisotopic (exact) mass is 580 g/mol. The van der Waals surface area contributed by atoms with Gasteiger partial charge in [-0.15, -0.1) is 0 Å². The van der Waals surface area contributed by atoms with Gasteiger partial charge < -0.3 is 14.7 Å². The van der Waals surface area contributed by atoms with Crippen molar-refractivity contribution in [3.05, 3.63) is 119 Å². The number of urea groups is 1. The number of ether oxygens (including phenoxy) is 1. The molecule has 2 fully saturated rings. The first kappa shape index (κ1) is 28.4. The lowest BCUT2D eigenvalue weighted by molar-refractivity contribution is 0.0696. The minimum atomic E-state index is -0.982. The predicted octanol–water partition coefficient (Wildman–Crippen LogP) is 6.67. The van der Waals surface area contributed by atoms with Crippen molar-refractivity contribution < 1.29 is 23.8 Å². The van der Waals surface area contributed by atoms with Crippen molar-refractivity contribution in [1.29, 1.82) is 0 Å². The van der Waals surface area contributed by atoms with E-state index in [1.54, 1.807) is 29.2 Å². The SMILES string of the molecule is Cc1nc(Oc2ccc(C(=O)O)cc2)ccc1CN1CCC(N2C(=O)N(c3ccc(F)cc3)CC2c2ccccc2)CC1. The van der Waals surface area contributed by atoms with Crippen LogP contribution in [0.4, 0.5) is 14.9 Å². The molecule has 2 aliphatic rings. The molecule has 220 valence electrons. The number of hydrogen-bond acceptors (Lipinski definition) is 5. The molecule has 2 amide bonds. The van der Waals surface area contributed by atoms with Gasteiger partial charge in [-0.05, 0) is 79.4 Å². The molecule has 6 rings (SSSR count). The molecule has 1 N–H and O–H groups in total. The smallest absolute Gasteiger partial charge is 0.335 e. The number of pyridine rings is 1. The Morgan fingerprint density at radius 1 is 0.953 bits per heavy atom. The van der Waals surface area contributed by atoms with Gasteiger partial charge in [0.25, 0.3) is 0 Å². The second kappa shape index (κ2) is 12.2. The van der Waals surface area contributed by atoms with Crippen LogP contribution in [-0.2, 0) is 6.54 Å². The maximum absolute atomic E-state index is 13.8. The van der Waals surface area contributed by atoms with E-state index in [0.717, 1.165) is 49.3 Å². The van der Waals surface area contributed by atoms with Crippen LogP contribution in [0.5, 0.6) is 11.6 Å². The molecule has 0 radical (unpaired) electrons. The second-order valence-electron chi connectivity index (χ2n) is 11.0. The van der Waals surface area contributed by atoms with Gasteiger partial charge in [0.15, 0.2) is 0 Å². The van der Waals surface area contributed by atoms with Gasteiger partial charge in [-0.3, -0.25) is 9.80 Å². The molecule has 3 aromatic carbocycles. The third-order valence-corrected chi connectivity index (χ3v) is 8.30. The summed E-state index contributed by atoms with van der Waals surface area (Å²) in [5, 5.41) is 9.08. The zero-order valence-corrected chi connectivity index (χ0v) is 23.9. The molecule has 0 saturated carbocycles. The van der Waals surface area contributed by atoms with Gasteiger partial charge >= 0.3 is 12.0 Å². The third-order valence-electron chi connectivity index (χ3n) is 8.30. The highest BCUT2D eigenvalue weighted by molar-refractivity contribution is 5.95. The number of carboxylic acid groups (broad SMARTS) is 1. The number of likely N-dealkylation sites (tertiary alicyclic amines) is 1. The fraction of sp³-hybridized carbons (Fsp3) is 0.265. The van der Waals surface area contributed by atoms with E-state index in [9.17, 15) is 14.0 Å². The molecule has 8 nitrogen and oxygen atoms in total. The summed E-state index contributed by atoms with van der Waals surface area (Å²) < 4.78 is 19.4. The highest BCUT2D eigenvalue weighted by Crippen LogP contribution is 2.37. The molecule has 1 unspecified atom stereocenters. The van der Waals surface area contributed by atoms with Crippen molar-refractivity contribution in [2.75, 3.05) is 24.5 Å². The Bertz CT molecular complexity index is 1590. The van der Waals surface area contributed by atoms with Gasteiger partial charge in [0.2, 0.25) is 5.88 Å². The summed E-state index contributed by atoms with van der Waals surface area (Å²) in [6.07, 6.45) is 1.71. The van der Waals surface area contributed by atoms with E-state index in [1.807, 2.05) is 42.2 Å². The molecular weight excluding hydrogens is 547 g/mol. The predicted molar refractivity (Wildman–Crippen MR) is 161 cm³/mol. The van der Waals surface area contributed by atoms with E-state index in [1.165, 1.54) is 24.3 Å². The number of aromatic carboxylic acids is 1. The van der Waals surface area contributed by atoms with Crippen LogP contribution in [0.15, 0.2) is 91.0 Å². The van der Waals surface area contributed by atoms with Crippen LogP contribution in [0.2, 0.25) is 0 Å². The zero-order chi connectivity index (χ0) is 29.9. The van der Waals surface area contributed by atoms with Crippen molar-refractivity contribution in [3.8, 4) is 11.6 Å². The Morgan fingerprint density at radius 2 is 1.65 bits per heavy atom. The fourth-order valence-electron chi connectivity index (χ4n) is 5.97. The van der Waals surface area contributed by atoms with Crippen LogP contribution < -0.4 is 9.64 Å². The van der Waals surface area contributed by atoms with Gasteiger partial charge in [-0.2, -0.15) is 0 Å². The molecule has 43 heavy (non-hydrogen) atoms. The Kier molecular flexibility index (Phi) is 8.07. The highest BCUT2D eigenvalue weighted by atomic mass is 19.1. The summed E-state index contributed by atoms with van der Waals surface area (Å²) in [4.78, 5) is 35.7. The number of rotatable bonds is 8. The van der Waals surface area contributed by atoms with E-state index < -0.39 is 5.97 Å². The quantitative estimate of drug-likeness (QED) is 0.251. The summed E-state index contributed by atoms with van der Waals surface area (Å²) in [6, 6.07) is 26.3. The van der Waals surface area contributed by atoms with Crippen LogP contribution in [0, 0.1) is 12.7 Å². The van der Waals surface area contributed by atoms with Crippen LogP contribution in [0.3, 0.4) is 0 Å². The Balaban J connectivity index is 1.10. The van der Waals surface area contributed by atoms with Gasteiger partial charge in [-0.25, -0.2) is 19.0 Å². The summed E-state index contributed by atoms with van der Waals surface area (Å²) in [5.41, 5.74) is 3.99. The summed E-state index contributed by atoms with van der Waals surface area (Å²) in [5.74, 6) is -0.328. The van der Waals surface area contributed by atoms with E-state index in [2.05, 4.69) is 22.0 Å². The van der Waals surface area contributed by atoms with E-state index >= 15 is 0 Å². The molecular formula is C34H33FN4O4. The molecule has 0 aliphatic carbocycles. The number of amides is 2. The Hall–Kier alpha value is -4.76. The maximum atomic E-state index is 13.8. The molecule has 2 aliphatic heterocycles. The Labute approximate surface area is 250 Å². The normalized spacial score (nSPS) is 17.8. The number of aromatic nitrogens is 1. The van der Waals surface area contributed by atoms with Gasteiger partial charge in [0.1, 0.15) is 11.6 Å². The molecule has 1 atom stereocenters. The first-order valence-corrected chi connectivity index (χ1v) is 14.5. The molecule has 0 spiro atoms. The van der Waals surface area contributed by atoms with Gasteiger partial charge in [-0.1, -0.05) is 36.4 Å². The lowest BCUT2D eigenvalue weighted by Gasteiger charge is -2.39. The molecule has 4 aromatic rings. The minimum Gasteiger partial charge on any atom is -0.478 e. The first-order valence-electron chi connectivity index (χ1n) is 14.5. The Morgan fingerprint density at radius 3 is 2.30 bits per heavy atom. The number of piperidine rings is 1. The van der Waals surface area contributed by atoms with Crippen LogP contribution in [0.1, 0.15) is 46.1 Å². The number of aryl methyl sites for hydroxylation is 1. The second-order valence-corrected chi connectivity index (χ2v) is 11.0. The average molecular weight is 581 g/mol. The van der Waals surface area contributed by atoms with Gasteiger partial charge in [0.05, 0.1) is 18.2 Å². The third kappa shape index (κ3) is 6.22. The molecule has 0 bridgehead atoms. The molecule has 3 heterocycles. The van der Waals surface area contributed by atoms with E-state index in [0.29, 0.717) is 23.9 Å². The van der Waals surface area contributed by atoms with Gasteiger partial charge in [0, 0.05) is 43.1 Å². The van der Waals surface area contributed by atoms with Crippen LogP contribution >= 0.6 is 0 Å². The average Bonchev–Trinajstić information content (AvgIpc) is 3.37. The van der Waals surface area contributed by atoms with Crippen molar-refractivity contribution in [2.24, 2.45) is 0 Å². The van der Waals surface area contributed by atoms with Crippen molar-refractivity contribution in [3.63, 3.8) is 0 Å². The number of nitrogens with zero attached hydrogens (tertiary/aromatic N) is 4. The number of hydrogen-bond donors (Lipinski definition) is 1. The van der Waals surface area contributed by atoms with Crippen LogP contribution in [0.25, 0.3) is 0 Å². The highest BCUT2D eigenvalue weighted by Gasteiger charge is 2.43. The van der Waals surface area contributed by atoms with Crippen molar-refractivity contribution in [1.82, 2.24) is 14.8 Å². The van der Waals surface area contributed by atoms with Crippen LogP contribution in [-0.4, -0.2) is 57.6 Å². The number of anilines is 1. The maximum Gasteiger partial charge on any atom is 0.335 e. The summed E-state index contributed by atoms with van der Waals surface area (Å²) in [7, 11) is 0. The fourth-order valence-corrected chi connectivity index (χ4v) is 5.97. The largest absolute Gasteiger partial charge is 0.478 e. The number of carbonyl (C=O) groups is 2. The number of carbonyl (C=O) groups excluding carboxylic acids is 1. The van der Waals surface area contributed by atoms with E-state index in [4.69, 9.17) is 9.84 Å². The topological polar surface area (TPSA) is 86.2 Å². The summed E-state index contributed by atoms with van der Waals surface area (Å²) >= 11 is 0. The van der Waals surface area contributed by atoms with Crippen molar-refractivity contribution >= 4 is 17.7 Å². The number of halogens is 1. The first-order chi connectivity index (χ1) is 20.9. The zero-order valence-electron chi connectivity index (χ0n) is 23.9. The minimum absolute atomic E-state index is 0.0351. The van der Waals surface area contributed by atoms with E-state index in [-0.39, 0.29) is 29.5 Å². The molecule has 1 aromatic heterocycles. The lowest BCUT2D eigenvalue weighted by Crippen LogP contribution is -2.47. The molecule has 9 heteroatoms. The number of carboxylic acids is 1. The molecule has 2 saturated heterocycles. The summed E-state index contributed by atoms with van der Waals surface area (Å²) in [6.45, 7) is 4.93.